The topological polar surface area (TPSA) is 82.2 Å². The fourth-order valence-corrected chi connectivity index (χ4v) is 4.07. The SMILES string of the molecule is COc1ccc(C)cc1NC(=O)CSc1nnc(-c2cccc(C)c2)n1Cc1ccco1. The third kappa shape index (κ3) is 5.03. The number of rotatable bonds is 8. The highest BCUT2D eigenvalue weighted by molar-refractivity contribution is 7.99. The number of furan rings is 1. The molecule has 2 heterocycles. The van der Waals surface area contributed by atoms with E-state index < -0.39 is 0 Å². The van der Waals surface area contributed by atoms with Crippen molar-refractivity contribution in [3.63, 3.8) is 0 Å². The van der Waals surface area contributed by atoms with E-state index >= 15 is 0 Å². The highest BCUT2D eigenvalue weighted by atomic mass is 32.2. The molecule has 2 aromatic carbocycles. The highest BCUT2D eigenvalue weighted by Crippen LogP contribution is 2.28. The van der Waals surface area contributed by atoms with Crippen molar-refractivity contribution in [2.75, 3.05) is 18.2 Å². The van der Waals surface area contributed by atoms with Crippen LogP contribution in [-0.2, 0) is 11.3 Å². The van der Waals surface area contributed by atoms with Crippen LogP contribution in [0.4, 0.5) is 5.69 Å². The summed E-state index contributed by atoms with van der Waals surface area (Å²) in [6.07, 6.45) is 1.64. The van der Waals surface area contributed by atoms with Crippen LogP contribution in [0.2, 0.25) is 0 Å². The Morgan fingerprint density at radius 2 is 1.94 bits per heavy atom. The Morgan fingerprint density at radius 3 is 2.69 bits per heavy atom. The number of aromatic nitrogens is 3. The van der Waals surface area contributed by atoms with Gasteiger partial charge in [0.25, 0.3) is 0 Å². The minimum absolute atomic E-state index is 0.149. The van der Waals surface area contributed by atoms with Crippen LogP contribution in [0, 0.1) is 13.8 Å². The van der Waals surface area contributed by atoms with E-state index in [1.54, 1.807) is 13.4 Å². The zero-order valence-electron chi connectivity index (χ0n) is 18.2. The Kier molecular flexibility index (Phi) is 6.61. The molecule has 4 rings (SSSR count). The van der Waals surface area contributed by atoms with E-state index in [4.69, 9.17) is 9.15 Å². The molecule has 0 radical (unpaired) electrons. The van der Waals surface area contributed by atoms with E-state index in [1.807, 2.05) is 66.9 Å². The molecule has 1 N–H and O–H groups in total. The number of thioether (sulfide) groups is 1. The molecule has 7 nitrogen and oxygen atoms in total. The van der Waals surface area contributed by atoms with E-state index in [9.17, 15) is 4.79 Å². The number of nitrogens with zero attached hydrogens (tertiary/aromatic N) is 3. The van der Waals surface area contributed by atoms with Gasteiger partial charge in [-0.15, -0.1) is 10.2 Å². The van der Waals surface area contributed by atoms with E-state index in [-0.39, 0.29) is 11.7 Å². The van der Waals surface area contributed by atoms with Crippen molar-refractivity contribution >= 4 is 23.4 Å². The molecule has 4 aromatic rings. The Hall–Kier alpha value is -3.52. The lowest BCUT2D eigenvalue weighted by Gasteiger charge is -2.11. The van der Waals surface area contributed by atoms with E-state index in [0.717, 1.165) is 28.3 Å². The van der Waals surface area contributed by atoms with E-state index in [2.05, 4.69) is 21.6 Å². The average Bonchev–Trinajstić information content (AvgIpc) is 3.43. The zero-order chi connectivity index (χ0) is 22.5. The summed E-state index contributed by atoms with van der Waals surface area (Å²) < 4.78 is 12.9. The Bertz CT molecular complexity index is 1220. The molecular weight excluding hydrogens is 424 g/mol. The maximum atomic E-state index is 12.7. The maximum absolute atomic E-state index is 12.7. The first-order valence-corrected chi connectivity index (χ1v) is 11.1. The van der Waals surface area contributed by atoms with Gasteiger partial charge in [0, 0.05) is 5.56 Å². The van der Waals surface area contributed by atoms with Crippen LogP contribution >= 0.6 is 11.8 Å². The van der Waals surface area contributed by atoms with Gasteiger partial charge in [0.2, 0.25) is 5.91 Å². The van der Waals surface area contributed by atoms with Gasteiger partial charge in [0.15, 0.2) is 11.0 Å². The predicted molar refractivity (Wildman–Crippen MR) is 125 cm³/mol. The number of amides is 1. The van der Waals surface area contributed by atoms with Gasteiger partial charge < -0.3 is 14.5 Å². The summed E-state index contributed by atoms with van der Waals surface area (Å²) in [6.45, 7) is 4.48. The molecule has 0 fully saturated rings. The summed E-state index contributed by atoms with van der Waals surface area (Å²) in [4.78, 5) is 12.7. The molecule has 32 heavy (non-hydrogen) atoms. The third-order valence-electron chi connectivity index (χ3n) is 4.85. The van der Waals surface area contributed by atoms with Gasteiger partial charge in [-0.05, 0) is 49.7 Å². The van der Waals surface area contributed by atoms with Gasteiger partial charge in [-0.3, -0.25) is 9.36 Å². The number of aryl methyl sites for hydroxylation is 2. The van der Waals surface area contributed by atoms with Crippen molar-refractivity contribution in [2.24, 2.45) is 0 Å². The number of methoxy groups -OCH3 is 1. The Balaban J connectivity index is 1.54. The fraction of sp³-hybridized carbons (Fsp3) is 0.208. The second-order valence-corrected chi connectivity index (χ2v) is 8.32. The number of nitrogens with one attached hydrogen (secondary N) is 1. The number of hydrogen-bond donors (Lipinski definition) is 1. The van der Waals surface area contributed by atoms with Crippen molar-refractivity contribution < 1.29 is 13.9 Å². The van der Waals surface area contributed by atoms with Crippen LogP contribution in [0.15, 0.2) is 70.4 Å². The van der Waals surface area contributed by atoms with Crippen LogP contribution < -0.4 is 10.1 Å². The zero-order valence-corrected chi connectivity index (χ0v) is 19.0. The smallest absolute Gasteiger partial charge is 0.234 e. The number of carbonyl (C=O) groups is 1. The van der Waals surface area contributed by atoms with Crippen LogP contribution in [-0.4, -0.2) is 33.5 Å². The first-order valence-electron chi connectivity index (χ1n) is 10.1. The quantitative estimate of drug-likeness (QED) is 0.384. The summed E-state index contributed by atoms with van der Waals surface area (Å²) in [7, 11) is 1.58. The summed E-state index contributed by atoms with van der Waals surface area (Å²) in [5.74, 6) is 2.17. The molecule has 0 spiro atoms. The van der Waals surface area contributed by atoms with E-state index in [0.29, 0.717) is 23.1 Å². The van der Waals surface area contributed by atoms with Gasteiger partial charge >= 0.3 is 0 Å². The first-order chi connectivity index (χ1) is 15.5. The summed E-state index contributed by atoms with van der Waals surface area (Å²) in [5.41, 5.74) is 3.78. The first kappa shape index (κ1) is 21.7. The van der Waals surface area contributed by atoms with Gasteiger partial charge in [-0.25, -0.2) is 0 Å². The fourth-order valence-electron chi connectivity index (χ4n) is 3.33. The molecule has 0 atom stereocenters. The van der Waals surface area contributed by atoms with Gasteiger partial charge in [-0.2, -0.15) is 0 Å². The summed E-state index contributed by atoms with van der Waals surface area (Å²) in [5, 5.41) is 12.3. The normalized spacial score (nSPS) is 10.8. The standard InChI is InChI=1S/C24H24N4O3S/c1-16-6-4-7-18(12-16)23-26-27-24(28(23)14-19-8-5-11-31-19)32-15-22(29)25-20-13-17(2)9-10-21(20)30-3/h4-13H,14-15H2,1-3H3,(H,25,29). The third-order valence-corrected chi connectivity index (χ3v) is 5.82. The highest BCUT2D eigenvalue weighted by Gasteiger charge is 2.18. The van der Waals surface area contributed by atoms with Gasteiger partial charge in [-0.1, -0.05) is 41.6 Å². The maximum Gasteiger partial charge on any atom is 0.234 e. The van der Waals surface area contributed by atoms with Crippen LogP contribution in [0.5, 0.6) is 5.75 Å². The molecule has 8 heteroatoms. The molecule has 0 saturated heterocycles. The minimum Gasteiger partial charge on any atom is -0.495 e. The monoisotopic (exact) mass is 448 g/mol. The lowest BCUT2D eigenvalue weighted by molar-refractivity contribution is -0.113. The molecule has 2 aromatic heterocycles. The van der Waals surface area contributed by atoms with E-state index in [1.165, 1.54) is 11.8 Å². The Morgan fingerprint density at radius 1 is 1.09 bits per heavy atom. The molecule has 0 unspecified atom stereocenters. The Labute approximate surface area is 190 Å². The van der Waals surface area contributed by atoms with Crippen LogP contribution in [0.25, 0.3) is 11.4 Å². The van der Waals surface area contributed by atoms with Crippen LogP contribution in [0.1, 0.15) is 16.9 Å². The number of ether oxygens (including phenoxy) is 1. The van der Waals surface area contributed by atoms with Gasteiger partial charge in [0.05, 0.1) is 31.4 Å². The molecule has 0 saturated carbocycles. The summed E-state index contributed by atoms with van der Waals surface area (Å²) >= 11 is 1.33. The second-order valence-electron chi connectivity index (χ2n) is 7.38. The summed E-state index contributed by atoms with van der Waals surface area (Å²) in [6, 6.07) is 17.5. The number of hydrogen-bond acceptors (Lipinski definition) is 6. The number of benzene rings is 2. The van der Waals surface area contributed by atoms with Crippen molar-refractivity contribution in [1.29, 1.82) is 0 Å². The molecule has 0 bridgehead atoms. The largest absolute Gasteiger partial charge is 0.495 e. The molecule has 0 aliphatic heterocycles. The lowest BCUT2D eigenvalue weighted by atomic mass is 10.1. The molecule has 0 aliphatic carbocycles. The van der Waals surface area contributed by atoms with Gasteiger partial charge in [0.1, 0.15) is 11.5 Å². The lowest BCUT2D eigenvalue weighted by Crippen LogP contribution is -2.15. The molecule has 164 valence electrons. The molecule has 1 amide bonds. The number of carbonyl (C=O) groups excluding carboxylic acids is 1. The molecular formula is C24H24N4O3S. The number of anilines is 1. The van der Waals surface area contributed by atoms with Crippen molar-refractivity contribution in [3.8, 4) is 17.1 Å². The van der Waals surface area contributed by atoms with Crippen molar-refractivity contribution in [2.45, 2.75) is 25.5 Å². The minimum atomic E-state index is -0.149. The van der Waals surface area contributed by atoms with Crippen LogP contribution in [0.3, 0.4) is 0 Å². The predicted octanol–water partition coefficient (Wildman–Crippen LogP) is 4.94. The molecule has 0 aliphatic rings. The van der Waals surface area contributed by atoms with Crippen molar-refractivity contribution in [3.05, 3.63) is 77.7 Å². The average molecular weight is 449 g/mol. The second kappa shape index (κ2) is 9.74. The van der Waals surface area contributed by atoms with Crippen molar-refractivity contribution in [1.82, 2.24) is 14.8 Å².